The summed E-state index contributed by atoms with van der Waals surface area (Å²) in [4.78, 5) is 12.7. The number of carbonyl (C=O) groups is 1. The lowest BCUT2D eigenvalue weighted by molar-refractivity contribution is -0.114. The number of carbonyl (C=O) groups excluding carboxylic acids is 1. The number of ether oxygens (including phenoxy) is 1. The lowest BCUT2D eigenvalue weighted by atomic mass is 10.1. The molecule has 2 aromatic carbocycles. The minimum Gasteiger partial charge on any atom is -0.478 e. The second-order valence-electron chi connectivity index (χ2n) is 5.32. The summed E-state index contributed by atoms with van der Waals surface area (Å²) in [5.41, 5.74) is 2.44. The van der Waals surface area contributed by atoms with Gasteiger partial charge in [-0.05, 0) is 43.3 Å². The Kier molecular flexibility index (Phi) is 4.82. The van der Waals surface area contributed by atoms with Crippen LogP contribution in [-0.2, 0) is 4.79 Å². The van der Waals surface area contributed by atoms with Gasteiger partial charge in [-0.15, -0.1) is 0 Å². The van der Waals surface area contributed by atoms with E-state index in [4.69, 9.17) is 21.6 Å². The molecule has 0 spiro atoms. The van der Waals surface area contributed by atoms with Gasteiger partial charge in [-0.3, -0.25) is 4.79 Å². The fourth-order valence-corrected chi connectivity index (χ4v) is 2.56. The number of hydrazone groups is 1. The van der Waals surface area contributed by atoms with Gasteiger partial charge in [0.2, 0.25) is 0 Å². The lowest BCUT2D eigenvalue weighted by Gasteiger charge is -2.11. The fourth-order valence-electron chi connectivity index (χ4n) is 2.44. The number of anilines is 1. The van der Waals surface area contributed by atoms with Crippen LogP contribution in [0.5, 0.6) is 5.75 Å². The maximum atomic E-state index is 12.7. The largest absolute Gasteiger partial charge is 0.478 e. The van der Waals surface area contributed by atoms with Gasteiger partial charge in [-0.2, -0.15) is 15.4 Å². The molecule has 0 saturated heterocycles. The molecule has 0 radical (unpaired) electrons. The molecule has 0 bridgehead atoms. The van der Waals surface area contributed by atoms with Crippen LogP contribution in [-0.4, -0.2) is 18.2 Å². The summed E-state index contributed by atoms with van der Waals surface area (Å²) >= 11 is 5.89. The molecule has 1 heterocycles. The number of para-hydroxylation sites is 1. The summed E-state index contributed by atoms with van der Waals surface area (Å²) in [6, 6.07) is 16.1. The maximum Gasteiger partial charge on any atom is 0.280 e. The lowest BCUT2D eigenvalue weighted by Crippen LogP contribution is -2.21. The van der Waals surface area contributed by atoms with Crippen LogP contribution in [0.15, 0.2) is 59.2 Å². The van der Waals surface area contributed by atoms with Crippen molar-refractivity contribution in [1.82, 2.24) is 0 Å². The van der Waals surface area contributed by atoms with Gasteiger partial charge in [0, 0.05) is 10.6 Å². The molecule has 0 fully saturated rings. The molecular weight excluding hydrogens is 338 g/mol. The Morgan fingerprint density at radius 2 is 1.96 bits per heavy atom. The molecule has 0 aliphatic carbocycles. The van der Waals surface area contributed by atoms with Gasteiger partial charge in [0.25, 0.3) is 5.91 Å². The summed E-state index contributed by atoms with van der Waals surface area (Å²) in [5.74, 6) is 0.317. The minimum absolute atomic E-state index is 0.0574. The monoisotopic (exact) mass is 351 g/mol. The number of halogens is 1. The highest BCUT2D eigenvalue weighted by Gasteiger charge is 2.28. The highest BCUT2D eigenvalue weighted by Crippen LogP contribution is 2.28. The zero-order valence-electron chi connectivity index (χ0n) is 13.4. The first-order valence-electron chi connectivity index (χ1n) is 7.56. The average molecular weight is 352 g/mol. The third-order valence-electron chi connectivity index (χ3n) is 3.64. The Bertz CT molecular complexity index is 911. The summed E-state index contributed by atoms with van der Waals surface area (Å²) in [5, 5.41) is 15.0. The molecule has 0 N–H and O–H groups in total. The van der Waals surface area contributed by atoms with Gasteiger partial charge < -0.3 is 4.74 Å². The number of hydrogen-bond donors (Lipinski definition) is 0. The van der Waals surface area contributed by atoms with Gasteiger partial charge in [0.1, 0.15) is 11.8 Å². The zero-order valence-corrected chi connectivity index (χ0v) is 14.2. The van der Waals surface area contributed by atoms with Gasteiger partial charge in [0.05, 0.1) is 17.0 Å². The molecular formula is C19H14ClN3O2. The van der Waals surface area contributed by atoms with Crippen LogP contribution in [0, 0.1) is 11.3 Å². The molecule has 25 heavy (non-hydrogen) atoms. The molecule has 6 heteroatoms. The molecule has 124 valence electrons. The molecule has 0 saturated carbocycles. The molecule has 1 amide bonds. The Balaban J connectivity index is 1.93. The predicted molar refractivity (Wildman–Crippen MR) is 97.6 cm³/mol. The summed E-state index contributed by atoms with van der Waals surface area (Å²) in [6.07, 6.45) is 1.73. The van der Waals surface area contributed by atoms with Crippen LogP contribution in [0.25, 0.3) is 6.08 Å². The summed E-state index contributed by atoms with van der Waals surface area (Å²) in [6.45, 7) is 1.72. The first kappa shape index (κ1) is 16.7. The summed E-state index contributed by atoms with van der Waals surface area (Å²) < 4.78 is 5.41. The van der Waals surface area contributed by atoms with E-state index in [0.29, 0.717) is 33.3 Å². The van der Waals surface area contributed by atoms with E-state index in [0.717, 1.165) is 0 Å². The van der Waals surface area contributed by atoms with E-state index in [-0.39, 0.29) is 12.5 Å². The maximum absolute atomic E-state index is 12.7. The van der Waals surface area contributed by atoms with Crippen molar-refractivity contribution >= 4 is 35.0 Å². The topological polar surface area (TPSA) is 65.7 Å². The van der Waals surface area contributed by atoms with Crippen molar-refractivity contribution < 1.29 is 9.53 Å². The van der Waals surface area contributed by atoms with Crippen molar-refractivity contribution in [3.05, 3.63) is 64.7 Å². The molecule has 1 aliphatic heterocycles. The third-order valence-corrected chi connectivity index (χ3v) is 3.90. The van der Waals surface area contributed by atoms with E-state index >= 15 is 0 Å². The van der Waals surface area contributed by atoms with Gasteiger partial charge in [-0.25, -0.2) is 0 Å². The molecule has 3 rings (SSSR count). The SMILES string of the molecule is CC1=NN(c2ccc(Cl)cc2)C(=O)C1=Cc1ccccc1OCC#N. The molecule has 0 unspecified atom stereocenters. The van der Waals surface area contributed by atoms with Crippen LogP contribution in [0.1, 0.15) is 12.5 Å². The van der Waals surface area contributed by atoms with E-state index in [1.807, 2.05) is 24.3 Å². The van der Waals surface area contributed by atoms with Crippen molar-refractivity contribution in [3.8, 4) is 11.8 Å². The Morgan fingerprint density at radius 1 is 1.24 bits per heavy atom. The number of nitriles is 1. The van der Waals surface area contributed by atoms with Crippen molar-refractivity contribution in [2.45, 2.75) is 6.92 Å². The van der Waals surface area contributed by atoms with E-state index in [2.05, 4.69) is 5.10 Å². The highest BCUT2D eigenvalue weighted by atomic mass is 35.5. The van der Waals surface area contributed by atoms with Crippen LogP contribution in [0.4, 0.5) is 5.69 Å². The highest BCUT2D eigenvalue weighted by molar-refractivity contribution is 6.32. The first-order valence-corrected chi connectivity index (χ1v) is 7.94. The smallest absolute Gasteiger partial charge is 0.280 e. The molecule has 0 aromatic heterocycles. The third kappa shape index (κ3) is 3.54. The quantitative estimate of drug-likeness (QED) is 0.780. The van der Waals surface area contributed by atoms with E-state index in [1.165, 1.54) is 5.01 Å². The minimum atomic E-state index is -0.227. The van der Waals surface area contributed by atoms with E-state index in [9.17, 15) is 4.79 Å². The van der Waals surface area contributed by atoms with Crippen molar-refractivity contribution in [3.63, 3.8) is 0 Å². The normalized spacial score (nSPS) is 15.2. The van der Waals surface area contributed by atoms with Gasteiger partial charge in [-0.1, -0.05) is 29.8 Å². The van der Waals surface area contributed by atoms with E-state index in [1.54, 1.807) is 43.3 Å². The second-order valence-corrected chi connectivity index (χ2v) is 5.76. The average Bonchev–Trinajstić information content (AvgIpc) is 2.90. The Hall–Kier alpha value is -3.10. The standard InChI is InChI=1S/C19H14ClN3O2/c1-13-17(12-14-4-2-3-5-18(14)25-11-10-21)19(24)23(22-13)16-8-6-15(20)7-9-16/h2-9,12H,11H2,1H3. The number of benzene rings is 2. The summed E-state index contributed by atoms with van der Waals surface area (Å²) in [7, 11) is 0. The van der Waals surface area contributed by atoms with Gasteiger partial charge >= 0.3 is 0 Å². The Labute approximate surface area is 150 Å². The molecule has 0 atom stereocenters. The number of amides is 1. The Morgan fingerprint density at radius 3 is 2.68 bits per heavy atom. The molecule has 2 aromatic rings. The number of nitrogens with zero attached hydrogens (tertiary/aromatic N) is 3. The zero-order chi connectivity index (χ0) is 17.8. The van der Waals surface area contributed by atoms with Crippen LogP contribution in [0.3, 0.4) is 0 Å². The fraction of sp³-hybridized carbons (Fsp3) is 0.105. The van der Waals surface area contributed by atoms with Crippen molar-refractivity contribution in [2.24, 2.45) is 5.10 Å². The second kappa shape index (κ2) is 7.20. The van der Waals surface area contributed by atoms with Gasteiger partial charge in [0.15, 0.2) is 6.61 Å². The van der Waals surface area contributed by atoms with Crippen LogP contribution in [0.2, 0.25) is 5.02 Å². The van der Waals surface area contributed by atoms with Crippen molar-refractivity contribution in [2.75, 3.05) is 11.6 Å². The van der Waals surface area contributed by atoms with Crippen molar-refractivity contribution in [1.29, 1.82) is 5.26 Å². The van der Waals surface area contributed by atoms with Crippen LogP contribution < -0.4 is 9.75 Å². The predicted octanol–water partition coefficient (Wildman–Crippen LogP) is 4.05. The molecule has 5 nitrogen and oxygen atoms in total. The number of rotatable bonds is 4. The van der Waals surface area contributed by atoms with Crippen LogP contribution >= 0.6 is 11.6 Å². The van der Waals surface area contributed by atoms with E-state index < -0.39 is 0 Å². The number of hydrogen-bond acceptors (Lipinski definition) is 4. The first-order chi connectivity index (χ1) is 12.1. The molecule has 1 aliphatic rings.